The standard InChI is InChI=1S/C15H23N5O/c1-5-18(10-14-9-17-19(6-2)11-14)15(21)12(3)20-8-7-16-13(20)4/h7-9,11-12H,5-6,10H2,1-4H3/t12-/m0/s1. The highest BCUT2D eigenvalue weighted by atomic mass is 16.2. The van der Waals surface area contributed by atoms with Gasteiger partial charge in [0.25, 0.3) is 0 Å². The van der Waals surface area contributed by atoms with E-state index in [9.17, 15) is 4.79 Å². The van der Waals surface area contributed by atoms with Gasteiger partial charge in [-0.2, -0.15) is 5.10 Å². The molecule has 2 aromatic heterocycles. The Morgan fingerprint density at radius 2 is 2.19 bits per heavy atom. The third-order valence-electron chi connectivity index (χ3n) is 3.71. The molecule has 0 N–H and O–H groups in total. The molecule has 1 amide bonds. The molecule has 2 rings (SSSR count). The van der Waals surface area contributed by atoms with Crippen LogP contribution < -0.4 is 0 Å². The Balaban J connectivity index is 2.09. The van der Waals surface area contributed by atoms with E-state index < -0.39 is 0 Å². The highest BCUT2D eigenvalue weighted by molar-refractivity contribution is 5.80. The van der Waals surface area contributed by atoms with Crippen molar-refractivity contribution in [2.45, 2.75) is 46.8 Å². The van der Waals surface area contributed by atoms with Gasteiger partial charge in [-0.3, -0.25) is 9.48 Å². The zero-order valence-electron chi connectivity index (χ0n) is 13.2. The van der Waals surface area contributed by atoms with Gasteiger partial charge < -0.3 is 9.47 Å². The number of hydrogen-bond acceptors (Lipinski definition) is 3. The average molecular weight is 289 g/mol. The molecule has 0 saturated carbocycles. The Bertz CT molecular complexity index is 601. The molecule has 0 saturated heterocycles. The van der Waals surface area contributed by atoms with Gasteiger partial charge in [0.15, 0.2) is 0 Å². The Hall–Kier alpha value is -2.11. The zero-order chi connectivity index (χ0) is 15.4. The molecule has 0 unspecified atom stereocenters. The lowest BCUT2D eigenvalue weighted by atomic mass is 10.2. The molecule has 0 fully saturated rings. The van der Waals surface area contributed by atoms with Crippen LogP contribution in [0.15, 0.2) is 24.8 Å². The molecule has 0 radical (unpaired) electrons. The second-order valence-electron chi connectivity index (χ2n) is 5.11. The number of aromatic nitrogens is 4. The number of aryl methyl sites for hydroxylation is 2. The molecule has 0 aliphatic heterocycles. The summed E-state index contributed by atoms with van der Waals surface area (Å²) in [5.74, 6) is 0.952. The highest BCUT2D eigenvalue weighted by Crippen LogP contribution is 2.14. The number of carbonyl (C=O) groups is 1. The van der Waals surface area contributed by atoms with Crippen molar-refractivity contribution in [1.82, 2.24) is 24.2 Å². The van der Waals surface area contributed by atoms with Crippen LogP contribution in [0.1, 0.15) is 38.2 Å². The molecular weight excluding hydrogens is 266 g/mol. The summed E-state index contributed by atoms with van der Waals surface area (Å²) >= 11 is 0. The van der Waals surface area contributed by atoms with Gasteiger partial charge in [0.1, 0.15) is 11.9 Å². The van der Waals surface area contributed by atoms with Crippen LogP contribution in [0.2, 0.25) is 0 Å². The topological polar surface area (TPSA) is 56.0 Å². The lowest BCUT2D eigenvalue weighted by Gasteiger charge is -2.25. The molecule has 0 spiro atoms. The highest BCUT2D eigenvalue weighted by Gasteiger charge is 2.22. The van der Waals surface area contributed by atoms with Crippen molar-refractivity contribution < 1.29 is 4.79 Å². The summed E-state index contributed by atoms with van der Waals surface area (Å²) in [7, 11) is 0. The molecule has 0 aliphatic carbocycles. The van der Waals surface area contributed by atoms with E-state index in [2.05, 4.69) is 10.1 Å². The summed E-state index contributed by atoms with van der Waals surface area (Å²) in [5, 5.41) is 4.25. The summed E-state index contributed by atoms with van der Waals surface area (Å²) in [5.41, 5.74) is 1.06. The minimum atomic E-state index is -0.242. The monoisotopic (exact) mass is 289 g/mol. The fourth-order valence-corrected chi connectivity index (χ4v) is 2.41. The zero-order valence-corrected chi connectivity index (χ0v) is 13.2. The number of imidazole rings is 1. The molecule has 6 nitrogen and oxygen atoms in total. The predicted molar refractivity (Wildman–Crippen MR) is 80.7 cm³/mol. The first kappa shape index (κ1) is 15.3. The van der Waals surface area contributed by atoms with Crippen LogP contribution in [-0.2, 0) is 17.9 Å². The van der Waals surface area contributed by atoms with Gasteiger partial charge in [0.05, 0.1) is 6.20 Å². The first-order valence-electron chi connectivity index (χ1n) is 7.36. The molecule has 2 aromatic rings. The van der Waals surface area contributed by atoms with E-state index in [1.165, 1.54) is 0 Å². The van der Waals surface area contributed by atoms with Crippen LogP contribution in [-0.4, -0.2) is 36.7 Å². The van der Waals surface area contributed by atoms with Crippen molar-refractivity contribution in [1.29, 1.82) is 0 Å². The Labute approximate surface area is 125 Å². The van der Waals surface area contributed by atoms with E-state index in [-0.39, 0.29) is 11.9 Å². The molecule has 0 aromatic carbocycles. The normalized spacial score (nSPS) is 12.4. The molecular formula is C15H23N5O. The Morgan fingerprint density at radius 3 is 2.71 bits per heavy atom. The van der Waals surface area contributed by atoms with Gasteiger partial charge in [-0.1, -0.05) is 0 Å². The summed E-state index contributed by atoms with van der Waals surface area (Å²) in [4.78, 5) is 18.7. The fraction of sp³-hybridized carbons (Fsp3) is 0.533. The quantitative estimate of drug-likeness (QED) is 0.817. The van der Waals surface area contributed by atoms with Crippen LogP contribution in [0.3, 0.4) is 0 Å². The maximum atomic E-state index is 12.7. The largest absolute Gasteiger partial charge is 0.337 e. The van der Waals surface area contributed by atoms with E-state index >= 15 is 0 Å². The first-order chi connectivity index (χ1) is 10.1. The molecule has 1 atom stereocenters. The fourth-order valence-electron chi connectivity index (χ4n) is 2.41. The van der Waals surface area contributed by atoms with E-state index in [0.717, 1.165) is 17.9 Å². The second kappa shape index (κ2) is 6.56. The maximum Gasteiger partial charge on any atom is 0.245 e. The van der Waals surface area contributed by atoms with Gasteiger partial charge in [0.2, 0.25) is 5.91 Å². The molecule has 21 heavy (non-hydrogen) atoms. The molecule has 2 heterocycles. The summed E-state index contributed by atoms with van der Waals surface area (Å²) < 4.78 is 3.78. The Morgan fingerprint density at radius 1 is 1.43 bits per heavy atom. The second-order valence-corrected chi connectivity index (χ2v) is 5.11. The lowest BCUT2D eigenvalue weighted by Crippen LogP contribution is -2.35. The molecule has 0 bridgehead atoms. The minimum Gasteiger partial charge on any atom is -0.337 e. The van der Waals surface area contributed by atoms with E-state index in [0.29, 0.717) is 13.1 Å². The average Bonchev–Trinajstić information content (AvgIpc) is 3.11. The summed E-state index contributed by atoms with van der Waals surface area (Å²) in [6.07, 6.45) is 7.39. The van der Waals surface area contributed by atoms with Gasteiger partial charge in [-0.15, -0.1) is 0 Å². The SMILES string of the molecule is CCN(Cc1cnn(CC)c1)C(=O)[C@H](C)n1ccnc1C. The van der Waals surface area contributed by atoms with Crippen LogP contribution in [0, 0.1) is 6.92 Å². The van der Waals surface area contributed by atoms with Crippen molar-refractivity contribution in [2.75, 3.05) is 6.54 Å². The number of likely N-dealkylation sites (N-methyl/N-ethyl adjacent to an activating group) is 1. The third-order valence-corrected chi connectivity index (χ3v) is 3.71. The smallest absolute Gasteiger partial charge is 0.245 e. The van der Waals surface area contributed by atoms with Gasteiger partial charge in [-0.25, -0.2) is 4.98 Å². The van der Waals surface area contributed by atoms with Crippen molar-refractivity contribution in [3.63, 3.8) is 0 Å². The number of hydrogen-bond donors (Lipinski definition) is 0. The number of nitrogens with zero attached hydrogens (tertiary/aromatic N) is 5. The molecule has 6 heteroatoms. The molecule has 114 valence electrons. The number of carbonyl (C=O) groups excluding carboxylic acids is 1. The van der Waals surface area contributed by atoms with Crippen molar-refractivity contribution in [2.24, 2.45) is 0 Å². The van der Waals surface area contributed by atoms with Crippen LogP contribution in [0.4, 0.5) is 0 Å². The predicted octanol–water partition coefficient (Wildman–Crippen LogP) is 2.02. The van der Waals surface area contributed by atoms with Gasteiger partial charge in [-0.05, 0) is 27.7 Å². The van der Waals surface area contributed by atoms with Gasteiger partial charge >= 0.3 is 0 Å². The van der Waals surface area contributed by atoms with Crippen molar-refractivity contribution in [3.8, 4) is 0 Å². The van der Waals surface area contributed by atoms with Crippen molar-refractivity contribution >= 4 is 5.91 Å². The lowest BCUT2D eigenvalue weighted by molar-refractivity contribution is -0.134. The third kappa shape index (κ3) is 3.32. The summed E-state index contributed by atoms with van der Waals surface area (Å²) in [6.45, 7) is 9.96. The minimum absolute atomic E-state index is 0.0999. The summed E-state index contributed by atoms with van der Waals surface area (Å²) in [6, 6.07) is -0.242. The molecule has 0 aliphatic rings. The van der Waals surface area contributed by atoms with Crippen molar-refractivity contribution in [3.05, 3.63) is 36.2 Å². The van der Waals surface area contributed by atoms with E-state index in [1.807, 2.05) is 60.4 Å². The van der Waals surface area contributed by atoms with E-state index in [4.69, 9.17) is 0 Å². The number of rotatable bonds is 6. The maximum absolute atomic E-state index is 12.7. The number of amides is 1. The van der Waals surface area contributed by atoms with Crippen LogP contribution in [0.5, 0.6) is 0 Å². The van der Waals surface area contributed by atoms with Gasteiger partial charge in [0, 0.05) is 43.8 Å². The van der Waals surface area contributed by atoms with Crippen LogP contribution in [0.25, 0.3) is 0 Å². The Kier molecular flexibility index (Phi) is 4.77. The van der Waals surface area contributed by atoms with Crippen LogP contribution >= 0.6 is 0 Å². The first-order valence-corrected chi connectivity index (χ1v) is 7.36. The van der Waals surface area contributed by atoms with E-state index in [1.54, 1.807) is 6.20 Å².